The summed E-state index contributed by atoms with van der Waals surface area (Å²) in [6.45, 7) is 6.03. The van der Waals surface area contributed by atoms with Crippen molar-refractivity contribution in [2.24, 2.45) is 17.8 Å². The van der Waals surface area contributed by atoms with Crippen molar-refractivity contribution in [3.63, 3.8) is 0 Å². The molecule has 0 saturated carbocycles. The molecule has 1 aliphatic rings. The van der Waals surface area contributed by atoms with Gasteiger partial charge in [-0.3, -0.25) is 4.89 Å². The fourth-order valence-electron chi connectivity index (χ4n) is 4.33. The van der Waals surface area contributed by atoms with Gasteiger partial charge in [-0.2, -0.15) is 4.89 Å². The summed E-state index contributed by atoms with van der Waals surface area (Å²) in [7, 11) is 1.66. The number of ether oxygens (including phenoxy) is 1. The molecule has 1 aromatic rings. The Morgan fingerprint density at radius 3 is 2.33 bits per heavy atom. The minimum atomic E-state index is -0.736. The zero-order valence-corrected chi connectivity index (χ0v) is 20.5. The molecule has 0 heterocycles. The molecule has 0 bridgehead atoms. The monoisotopic (exact) mass is 458 g/mol. The summed E-state index contributed by atoms with van der Waals surface area (Å²) in [4.78, 5) is 21.3. The third-order valence-corrected chi connectivity index (χ3v) is 6.42. The molecule has 0 amide bonds. The first-order valence-corrected chi connectivity index (χ1v) is 12.4. The van der Waals surface area contributed by atoms with Crippen molar-refractivity contribution in [1.29, 1.82) is 0 Å². The molecule has 0 aromatic heterocycles. The van der Waals surface area contributed by atoms with Crippen molar-refractivity contribution in [2.45, 2.75) is 64.7 Å². The minimum Gasteiger partial charge on any atom is -0.391 e. The van der Waals surface area contributed by atoms with E-state index in [2.05, 4.69) is 49.9 Å². The van der Waals surface area contributed by atoms with Gasteiger partial charge in [-0.15, -0.1) is 0 Å². The number of unbranched alkanes of at least 4 members (excludes halogenated alkanes) is 2. The van der Waals surface area contributed by atoms with Crippen molar-refractivity contribution < 1.29 is 24.4 Å². The molecule has 3 atom stereocenters. The average Bonchev–Trinajstić information content (AvgIpc) is 2.84. The summed E-state index contributed by atoms with van der Waals surface area (Å²) in [5.41, 5.74) is 2.86. The van der Waals surface area contributed by atoms with Gasteiger partial charge in [-0.05, 0) is 67.9 Å². The Labute approximate surface area is 199 Å². The van der Waals surface area contributed by atoms with Crippen LogP contribution in [-0.2, 0) is 32.1 Å². The van der Waals surface area contributed by atoms with Gasteiger partial charge in [-0.25, -0.2) is 4.79 Å². The number of carbonyl (C=O) groups excluding carboxylic acids is 1. The number of carbonyl (C=O) groups is 1. The second-order valence-electron chi connectivity index (χ2n) is 9.27. The molecule has 0 aliphatic heterocycles. The van der Waals surface area contributed by atoms with Gasteiger partial charge in [0.05, 0.1) is 25.4 Å². The molecular formula is C28H42O5. The number of rotatable bonds is 16. The Morgan fingerprint density at radius 1 is 1.06 bits per heavy atom. The van der Waals surface area contributed by atoms with E-state index in [0.29, 0.717) is 18.4 Å². The van der Waals surface area contributed by atoms with Crippen LogP contribution in [0.2, 0.25) is 0 Å². The molecule has 2 rings (SSSR count). The quantitative estimate of drug-likeness (QED) is 0.115. The number of benzene rings is 1. The first-order chi connectivity index (χ1) is 16.0. The number of hydrogen-bond donors (Lipinski definition) is 1. The second-order valence-corrected chi connectivity index (χ2v) is 9.27. The van der Waals surface area contributed by atoms with Gasteiger partial charge >= 0.3 is 5.97 Å². The lowest BCUT2D eigenvalue weighted by Gasteiger charge is -2.26. The van der Waals surface area contributed by atoms with Crippen molar-refractivity contribution in [3.8, 4) is 0 Å². The standard InChI is InChI=1S/C28H42O5/c1-4-5-6-7-23-8-10-24(11-9-23)12-13-25-14-16-26(17-15-25)18-27(20-31-3)21-32-33-28(30)22(2)19-29/h8-11,14,16,25-27,29H,2,4-7,12-13,15,17-21H2,1,3H3. The topological polar surface area (TPSA) is 65.0 Å². The lowest BCUT2D eigenvalue weighted by atomic mass is 9.81. The van der Waals surface area contributed by atoms with E-state index in [0.717, 1.165) is 19.3 Å². The van der Waals surface area contributed by atoms with Crippen LogP contribution >= 0.6 is 0 Å². The molecule has 3 unspecified atom stereocenters. The molecular weight excluding hydrogens is 416 g/mol. The number of hydrogen-bond acceptors (Lipinski definition) is 5. The van der Waals surface area contributed by atoms with E-state index >= 15 is 0 Å². The number of allylic oxidation sites excluding steroid dienone is 2. The van der Waals surface area contributed by atoms with Crippen LogP contribution in [0, 0.1) is 17.8 Å². The van der Waals surface area contributed by atoms with Crippen LogP contribution in [0.25, 0.3) is 0 Å². The summed E-state index contributed by atoms with van der Waals surface area (Å²) in [5.74, 6) is 0.510. The predicted molar refractivity (Wildman–Crippen MR) is 132 cm³/mol. The van der Waals surface area contributed by atoms with Crippen LogP contribution < -0.4 is 0 Å². The maximum absolute atomic E-state index is 11.5. The van der Waals surface area contributed by atoms with Crippen molar-refractivity contribution in [3.05, 3.63) is 59.7 Å². The molecule has 0 fully saturated rings. The number of aliphatic hydroxyl groups excluding tert-OH is 1. The molecule has 33 heavy (non-hydrogen) atoms. The largest absolute Gasteiger partial charge is 0.391 e. The third kappa shape index (κ3) is 10.7. The van der Waals surface area contributed by atoms with Gasteiger partial charge in [0, 0.05) is 13.0 Å². The van der Waals surface area contributed by atoms with E-state index in [1.54, 1.807) is 7.11 Å². The van der Waals surface area contributed by atoms with Crippen LogP contribution in [0.3, 0.4) is 0 Å². The van der Waals surface area contributed by atoms with Gasteiger partial charge < -0.3 is 9.84 Å². The molecule has 5 nitrogen and oxygen atoms in total. The Hall–Kier alpha value is -1.95. The normalized spacial score (nSPS) is 18.8. The molecule has 1 aliphatic carbocycles. The molecule has 0 saturated heterocycles. The lowest BCUT2D eigenvalue weighted by molar-refractivity contribution is -0.276. The third-order valence-electron chi connectivity index (χ3n) is 6.42. The van der Waals surface area contributed by atoms with Crippen LogP contribution in [-0.4, -0.2) is 38.0 Å². The van der Waals surface area contributed by atoms with Crippen molar-refractivity contribution in [1.82, 2.24) is 0 Å². The maximum atomic E-state index is 11.5. The van der Waals surface area contributed by atoms with Gasteiger partial charge in [-0.1, -0.05) is 62.8 Å². The van der Waals surface area contributed by atoms with Crippen LogP contribution in [0.1, 0.15) is 63.0 Å². The highest BCUT2D eigenvalue weighted by Crippen LogP contribution is 2.30. The maximum Gasteiger partial charge on any atom is 0.370 e. The highest BCUT2D eigenvalue weighted by atomic mass is 17.2. The first kappa shape index (κ1) is 27.3. The average molecular weight is 459 g/mol. The molecule has 0 radical (unpaired) electrons. The molecule has 0 spiro atoms. The summed E-state index contributed by atoms with van der Waals surface area (Å²) in [6.07, 6.45) is 15.4. The summed E-state index contributed by atoms with van der Waals surface area (Å²) < 4.78 is 5.31. The minimum absolute atomic E-state index is 0.0255. The van der Waals surface area contributed by atoms with Gasteiger partial charge in [0.1, 0.15) is 0 Å². The van der Waals surface area contributed by atoms with E-state index in [9.17, 15) is 4.79 Å². The Kier molecular flexibility index (Phi) is 13.1. The molecule has 1 aromatic carbocycles. The van der Waals surface area contributed by atoms with Crippen molar-refractivity contribution in [2.75, 3.05) is 26.9 Å². The predicted octanol–water partition coefficient (Wildman–Crippen LogP) is 5.61. The number of aliphatic hydroxyl groups is 1. The highest BCUT2D eigenvalue weighted by molar-refractivity contribution is 5.87. The second kappa shape index (κ2) is 15.8. The number of methoxy groups -OCH3 is 1. The smallest absolute Gasteiger partial charge is 0.370 e. The molecule has 5 heteroatoms. The SMILES string of the molecule is C=C(CO)C(=O)OOCC(COC)CC1C=CC(CCc2ccc(CCCCC)cc2)CC1. The van der Waals surface area contributed by atoms with Gasteiger partial charge in [0.25, 0.3) is 0 Å². The molecule has 1 N–H and O–H groups in total. The van der Waals surface area contributed by atoms with E-state index in [-0.39, 0.29) is 18.1 Å². The van der Waals surface area contributed by atoms with Crippen LogP contribution in [0.5, 0.6) is 0 Å². The van der Waals surface area contributed by atoms with Crippen molar-refractivity contribution >= 4 is 5.97 Å². The zero-order valence-electron chi connectivity index (χ0n) is 20.5. The van der Waals surface area contributed by atoms with Gasteiger partial charge in [0.15, 0.2) is 0 Å². The van der Waals surface area contributed by atoms with E-state index in [1.165, 1.54) is 49.7 Å². The highest BCUT2D eigenvalue weighted by Gasteiger charge is 2.21. The Morgan fingerprint density at radius 2 is 1.73 bits per heavy atom. The van der Waals surface area contributed by atoms with E-state index in [4.69, 9.17) is 19.6 Å². The molecule has 184 valence electrons. The summed E-state index contributed by atoms with van der Waals surface area (Å²) >= 11 is 0. The Balaban J connectivity index is 1.71. The lowest BCUT2D eigenvalue weighted by Crippen LogP contribution is -2.22. The fraction of sp³-hybridized carbons (Fsp3) is 0.607. The summed E-state index contributed by atoms with van der Waals surface area (Å²) in [6, 6.07) is 9.20. The first-order valence-electron chi connectivity index (χ1n) is 12.4. The summed E-state index contributed by atoms with van der Waals surface area (Å²) in [5, 5.41) is 8.90. The van der Waals surface area contributed by atoms with Crippen LogP contribution in [0.4, 0.5) is 0 Å². The van der Waals surface area contributed by atoms with Gasteiger partial charge in [0.2, 0.25) is 0 Å². The Bertz CT molecular complexity index is 724. The zero-order chi connectivity index (χ0) is 23.9. The van der Waals surface area contributed by atoms with E-state index in [1.807, 2.05) is 0 Å². The fourth-order valence-corrected chi connectivity index (χ4v) is 4.33. The van der Waals surface area contributed by atoms with Crippen LogP contribution in [0.15, 0.2) is 48.6 Å². The van der Waals surface area contributed by atoms with E-state index < -0.39 is 12.6 Å². The number of aryl methyl sites for hydroxylation is 2.